The van der Waals surface area contributed by atoms with E-state index in [1.807, 2.05) is 0 Å². The molecule has 0 fully saturated rings. The number of nitrogens with two attached hydrogens (primary N) is 1. The fourth-order valence-corrected chi connectivity index (χ4v) is 1.69. The maximum atomic E-state index is 12.8. The van der Waals surface area contributed by atoms with Gasteiger partial charge in [0.15, 0.2) is 0 Å². The van der Waals surface area contributed by atoms with Crippen LogP contribution in [0.4, 0.5) is 22.0 Å². The van der Waals surface area contributed by atoms with Gasteiger partial charge >= 0.3 is 0 Å². The van der Waals surface area contributed by atoms with Crippen LogP contribution in [0, 0.1) is 5.82 Å². The Kier molecular flexibility index (Phi) is 4.70. The topological polar surface area (TPSA) is 75.9 Å². The Morgan fingerprint density at radius 3 is 2.40 bits per heavy atom. The van der Waals surface area contributed by atoms with E-state index in [0.717, 1.165) is 18.5 Å². The normalized spacial score (nSPS) is 10.3. The minimum absolute atomic E-state index is 0.215. The molecular weight excluding hydrogens is 257 g/mol. The molecule has 1 heterocycles. The van der Waals surface area contributed by atoms with E-state index in [4.69, 9.17) is 5.73 Å². The maximum Gasteiger partial charge on any atom is 0.223 e. The lowest BCUT2D eigenvalue weighted by atomic mass is 10.2. The summed E-state index contributed by atoms with van der Waals surface area (Å²) in [5.41, 5.74) is 6.63. The molecule has 0 saturated heterocycles. The number of halogens is 1. The highest BCUT2D eigenvalue weighted by atomic mass is 19.1. The average Bonchev–Trinajstić information content (AvgIpc) is 2.44. The molecular formula is C14H18FN5. The van der Waals surface area contributed by atoms with E-state index in [2.05, 4.69) is 27.5 Å². The molecule has 1 aromatic heterocycles. The van der Waals surface area contributed by atoms with Crippen LogP contribution in [0.2, 0.25) is 0 Å². The van der Waals surface area contributed by atoms with Gasteiger partial charge in [0.2, 0.25) is 5.95 Å². The fraction of sp³-hybridized carbons (Fsp3) is 0.286. The first-order valence-corrected chi connectivity index (χ1v) is 6.54. The zero-order valence-electron chi connectivity index (χ0n) is 11.4. The Labute approximate surface area is 117 Å². The summed E-state index contributed by atoms with van der Waals surface area (Å²) in [6, 6.07) is 8.11. The number of benzene rings is 1. The van der Waals surface area contributed by atoms with Crippen molar-refractivity contribution in [3.8, 4) is 0 Å². The lowest BCUT2D eigenvalue weighted by Crippen LogP contribution is -2.08. The molecule has 2 rings (SSSR count). The molecule has 0 aliphatic carbocycles. The third-order valence-corrected chi connectivity index (χ3v) is 2.69. The van der Waals surface area contributed by atoms with Gasteiger partial charge in [0.1, 0.15) is 17.5 Å². The van der Waals surface area contributed by atoms with Gasteiger partial charge in [-0.3, -0.25) is 0 Å². The van der Waals surface area contributed by atoms with Gasteiger partial charge in [-0.1, -0.05) is 19.1 Å². The van der Waals surface area contributed by atoms with Crippen molar-refractivity contribution in [2.75, 3.05) is 22.9 Å². The van der Waals surface area contributed by atoms with Crippen LogP contribution >= 0.6 is 0 Å². The van der Waals surface area contributed by atoms with E-state index in [1.54, 1.807) is 18.2 Å². The summed E-state index contributed by atoms with van der Waals surface area (Å²) in [6.07, 6.45) is 1.00. The molecule has 0 unspecified atom stereocenters. The number of aromatic nitrogens is 2. The minimum atomic E-state index is -0.244. The fourth-order valence-electron chi connectivity index (χ4n) is 1.69. The molecule has 0 aliphatic rings. The Bertz CT molecular complexity index is 556. The maximum absolute atomic E-state index is 12.8. The molecule has 0 aliphatic heterocycles. The number of hydrogen-bond acceptors (Lipinski definition) is 5. The molecule has 2 aromatic rings. The van der Waals surface area contributed by atoms with Gasteiger partial charge in [-0.05, 0) is 24.1 Å². The second kappa shape index (κ2) is 6.70. The molecule has 0 atom stereocenters. The molecule has 4 N–H and O–H groups in total. The molecule has 20 heavy (non-hydrogen) atoms. The van der Waals surface area contributed by atoms with Crippen molar-refractivity contribution < 1.29 is 4.39 Å². The van der Waals surface area contributed by atoms with Crippen LogP contribution in [0.1, 0.15) is 18.9 Å². The summed E-state index contributed by atoms with van der Waals surface area (Å²) in [7, 11) is 0. The summed E-state index contributed by atoms with van der Waals surface area (Å²) < 4.78 is 12.8. The molecule has 0 bridgehead atoms. The largest absolute Gasteiger partial charge is 0.370 e. The third kappa shape index (κ3) is 4.08. The predicted octanol–water partition coefficient (Wildman–Crippen LogP) is 2.63. The van der Waals surface area contributed by atoms with Crippen molar-refractivity contribution in [3.63, 3.8) is 0 Å². The van der Waals surface area contributed by atoms with Gasteiger partial charge in [0, 0.05) is 19.2 Å². The monoisotopic (exact) mass is 275 g/mol. The Balaban J connectivity index is 2.01. The van der Waals surface area contributed by atoms with Crippen molar-refractivity contribution in [2.24, 2.45) is 0 Å². The van der Waals surface area contributed by atoms with E-state index in [0.29, 0.717) is 18.2 Å². The number of rotatable bonds is 6. The highest BCUT2D eigenvalue weighted by Gasteiger charge is 2.02. The third-order valence-electron chi connectivity index (χ3n) is 2.69. The highest BCUT2D eigenvalue weighted by molar-refractivity contribution is 5.51. The van der Waals surface area contributed by atoms with Crippen LogP contribution in [-0.4, -0.2) is 16.5 Å². The van der Waals surface area contributed by atoms with Crippen LogP contribution in [-0.2, 0) is 6.54 Å². The Hall–Kier alpha value is -2.37. The van der Waals surface area contributed by atoms with Crippen LogP contribution in [0.15, 0.2) is 30.3 Å². The Morgan fingerprint density at radius 2 is 1.75 bits per heavy atom. The number of nitrogens with one attached hydrogen (secondary N) is 2. The van der Waals surface area contributed by atoms with Gasteiger partial charge < -0.3 is 16.4 Å². The standard InChI is InChI=1S/C14H18FN5/c1-2-7-17-12-8-13(20-14(16)19-12)18-9-10-3-5-11(15)6-4-10/h3-6,8H,2,7,9H2,1H3,(H4,16,17,18,19,20). The molecule has 0 spiro atoms. The first kappa shape index (κ1) is 14.0. The second-order valence-electron chi connectivity index (χ2n) is 4.40. The van der Waals surface area contributed by atoms with Crippen LogP contribution in [0.5, 0.6) is 0 Å². The smallest absolute Gasteiger partial charge is 0.223 e. The van der Waals surface area contributed by atoms with Crippen LogP contribution < -0.4 is 16.4 Å². The average molecular weight is 275 g/mol. The lowest BCUT2D eigenvalue weighted by molar-refractivity contribution is 0.627. The lowest BCUT2D eigenvalue weighted by Gasteiger charge is -2.09. The molecule has 0 amide bonds. The van der Waals surface area contributed by atoms with E-state index < -0.39 is 0 Å². The summed E-state index contributed by atoms with van der Waals surface area (Å²) in [5, 5.41) is 6.30. The molecule has 1 aromatic carbocycles. The number of hydrogen-bond donors (Lipinski definition) is 3. The zero-order chi connectivity index (χ0) is 14.4. The first-order chi connectivity index (χ1) is 9.67. The van der Waals surface area contributed by atoms with Crippen molar-refractivity contribution in [1.29, 1.82) is 0 Å². The van der Waals surface area contributed by atoms with E-state index in [9.17, 15) is 4.39 Å². The summed E-state index contributed by atoms with van der Waals surface area (Å²) >= 11 is 0. The summed E-state index contributed by atoms with van der Waals surface area (Å²) in [4.78, 5) is 8.22. The van der Waals surface area contributed by atoms with Crippen molar-refractivity contribution >= 4 is 17.6 Å². The molecule has 6 heteroatoms. The Morgan fingerprint density at radius 1 is 1.10 bits per heavy atom. The minimum Gasteiger partial charge on any atom is -0.370 e. The van der Waals surface area contributed by atoms with Gasteiger partial charge in [-0.2, -0.15) is 9.97 Å². The van der Waals surface area contributed by atoms with Crippen LogP contribution in [0.25, 0.3) is 0 Å². The predicted molar refractivity (Wildman–Crippen MR) is 79.0 cm³/mol. The number of nitrogens with zero attached hydrogens (tertiary/aromatic N) is 2. The van der Waals surface area contributed by atoms with Gasteiger partial charge in [-0.15, -0.1) is 0 Å². The van der Waals surface area contributed by atoms with Crippen molar-refractivity contribution in [2.45, 2.75) is 19.9 Å². The second-order valence-corrected chi connectivity index (χ2v) is 4.40. The molecule has 5 nitrogen and oxygen atoms in total. The number of nitrogen functional groups attached to an aromatic ring is 1. The molecule has 106 valence electrons. The quantitative estimate of drug-likeness (QED) is 0.755. The highest BCUT2D eigenvalue weighted by Crippen LogP contribution is 2.14. The van der Waals surface area contributed by atoms with Gasteiger partial charge in [0.25, 0.3) is 0 Å². The molecule has 0 radical (unpaired) electrons. The van der Waals surface area contributed by atoms with Crippen molar-refractivity contribution in [1.82, 2.24) is 9.97 Å². The van der Waals surface area contributed by atoms with E-state index >= 15 is 0 Å². The summed E-state index contributed by atoms with van der Waals surface area (Å²) in [5.74, 6) is 1.31. The van der Waals surface area contributed by atoms with E-state index in [1.165, 1.54) is 12.1 Å². The van der Waals surface area contributed by atoms with Gasteiger partial charge in [-0.25, -0.2) is 4.39 Å². The van der Waals surface area contributed by atoms with Crippen LogP contribution in [0.3, 0.4) is 0 Å². The SMILES string of the molecule is CCCNc1cc(NCc2ccc(F)cc2)nc(N)n1. The first-order valence-electron chi connectivity index (χ1n) is 6.54. The van der Waals surface area contributed by atoms with Gasteiger partial charge in [0.05, 0.1) is 0 Å². The zero-order valence-corrected chi connectivity index (χ0v) is 11.4. The molecule has 0 saturated carbocycles. The van der Waals surface area contributed by atoms with Crippen molar-refractivity contribution in [3.05, 3.63) is 41.7 Å². The number of anilines is 3. The summed E-state index contributed by atoms with van der Waals surface area (Å²) in [6.45, 7) is 3.45. The van der Waals surface area contributed by atoms with E-state index in [-0.39, 0.29) is 11.8 Å².